The van der Waals surface area contributed by atoms with E-state index < -0.39 is 0 Å². The smallest absolute Gasteiger partial charge is 0.133 e. The Labute approximate surface area is 173 Å². The second kappa shape index (κ2) is 9.86. The Morgan fingerprint density at radius 1 is 0.593 bits per heavy atom. The predicted octanol–water partition coefficient (Wildman–Crippen LogP) is 5.99. The third-order valence-electron chi connectivity index (χ3n) is 4.34. The minimum absolute atomic E-state index is 0.202. The molecule has 0 saturated carbocycles. The van der Waals surface area contributed by atoms with E-state index in [4.69, 9.17) is 9.47 Å². The van der Waals surface area contributed by atoms with E-state index in [-0.39, 0.29) is 10.9 Å². The largest absolute Gasteiger partial charge is 0.497 e. The van der Waals surface area contributed by atoms with Gasteiger partial charge in [-0.15, -0.1) is 0 Å². The maximum absolute atomic E-state index is 5.28. The van der Waals surface area contributed by atoms with Gasteiger partial charge in [-0.3, -0.25) is 0 Å². The molecule has 3 aromatic carbocycles. The van der Waals surface area contributed by atoms with Gasteiger partial charge in [-0.2, -0.15) is 0 Å². The SMILES string of the molecule is COc1ccc(C[S+](Cc2ccc(Br)cc2)Cc2ccc(OC)cc2)cc1. The summed E-state index contributed by atoms with van der Waals surface area (Å²) in [5.74, 6) is 5.01. The number of hydrogen-bond acceptors (Lipinski definition) is 2. The molecule has 3 aromatic rings. The van der Waals surface area contributed by atoms with Gasteiger partial charge in [0.2, 0.25) is 0 Å². The van der Waals surface area contributed by atoms with Crippen LogP contribution in [0.2, 0.25) is 0 Å². The lowest BCUT2D eigenvalue weighted by Crippen LogP contribution is -2.12. The van der Waals surface area contributed by atoms with Gasteiger partial charge >= 0.3 is 0 Å². The second-order valence-electron chi connectivity index (χ2n) is 6.37. The minimum Gasteiger partial charge on any atom is -0.497 e. The first kappa shape index (κ1) is 19.8. The normalized spacial score (nSPS) is 10.8. The molecule has 0 atom stereocenters. The highest BCUT2D eigenvalue weighted by molar-refractivity contribution is 9.10. The van der Waals surface area contributed by atoms with E-state index >= 15 is 0 Å². The molecule has 0 spiro atoms. The molecular formula is C23H24BrO2S+. The third kappa shape index (κ3) is 6.05. The summed E-state index contributed by atoms with van der Waals surface area (Å²) in [6.07, 6.45) is 0. The maximum atomic E-state index is 5.28. The van der Waals surface area contributed by atoms with E-state index in [1.807, 2.05) is 24.3 Å². The number of ether oxygens (including phenoxy) is 2. The van der Waals surface area contributed by atoms with Crippen molar-refractivity contribution in [3.8, 4) is 11.5 Å². The van der Waals surface area contributed by atoms with Gasteiger partial charge in [0, 0.05) is 32.1 Å². The van der Waals surface area contributed by atoms with Gasteiger partial charge in [-0.25, -0.2) is 0 Å². The third-order valence-corrected chi connectivity index (χ3v) is 7.10. The molecule has 0 unspecified atom stereocenters. The predicted molar refractivity (Wildman–Crippen MR) is 119 cm³/mol. The van der Waals surface area contributed by atoms with Crippen molar-refractivity contribution >= 4 is 26.8 Å². The molecule has 27 heavy (non-hydrogen) atoms. The van der Waals surface area contributed by atoms with Crippen molar-refractivity contribution < 1.29 is 9.47 Å². The molecule has 2 nitrogen and oxygen atoms in total. The standard InChI is InChI=1S/C23H24BrO2S/c1-25-22-11-5-19(6-12-22)16-27(15-18-3-9-21(24)10-4-18)17-20-7-13-23(26-2)14-8-20/h3-14H,15-17H2,1-2H3/q+1. The highest BCUT2D eigenvalue weighted by Crippen LogP contribution is 2.23. The van der Waals surface area contributed by atoms with Crippen LogP contribution in [0.25, 0.3) is 0 Å². The summed E-state index contributed by atoms with van der Waals surface area (Å²) in [4.78, 5) is 0. The monoisotopic (exact) mass is 443 g/mol. The van der Waals surface area contributed by atoms with Gasteiger partial charge in [0.1, 0.15) is 28.8 Å². The Balaban J connectivity index is 1.76. The van der Waals surface area contributed by atoms with Crippen molar-refractivity contribution in [3.05, 3.63) is 94.0 Å². The Morgan fingerprint density at radius 2 is 0.926 bits per heavy atom. The summed E-state index contributed by atoms with van der Waals surface area (Å²) in [6.45, 7) is 0. The van der Waals surface area contributed by atoms with Crippen molar-refractivity contribution in [2.75, 3.05) is 14.2 Å². The fourth-order valence-electron chi connectivity index (χ4n) is 2.88. The highest BCUT2D eigenvalue weighted by Gasteiger charge is 2.21. The van der Waals surface area contributed by atoms with Crippen LogP contribution < -0.4 is 9.47 Å². The molecule has 0 radical (unpaired) electrons. The summed E-state index contributed by atoms with van der Waals surface area (Å²) >= 11 is 3.52. The van der Waals surface area contributed by atoms with E-state index in [1.165, 1.54) is 16.7 Å². The van der Waals surface area contributed by atoms with Crippen LogP contribution in [0.3, 0.4) is 0 Å². The van der Waals surface area contributed by atoms with E-state index in [0.717, 1.165) is 33.2 Å². The highest BCUT2D eigenvalue weighted by atomic mass is 79.9. The fraction of sp³-hybridized carbons (Fsp3) is 0.217. The lowest BCUT2D eigenvalue weighted by Gasteiger charge is -2.11. The van der Waals surface area contributed by atoms with E-state index in [9.17, 15) is 0 Å². The zero-order valence-electron chi connectivity index (χ0n) is 15.7. The Kier molecular flexibility index (Phi) is 7.25. The van der Waals surface area contributed by atoms with E-state index in [1.54, 1.807) is 14.2 Å². The van der Waals surface area contributed by atoms with Crippen LogP contribution >= 0.6 is 15.9 Å². The summed E-state index contributed by atoms with van der Waals surface area (Å²) in [5, 5.41) is 0. The zero-order valence-corrected chi connectivity index (χ0v) is 18.1. The van der Waals surface area contributed by atoms with Crippen LogP contribution in [0.5, 0.6) is 11.5 Å². The topological polar surface area (TPSA) is 18.5 Å². The molecule has 0 aromatic heterocycles. The molecule has 0 aliphatic heterocycles. The number of hydrogen-bond donors (Lipinski definition) is 0. The first-order valence-electron chi connectivity index (χ1n) is 8.80. The fourth-order valence-corrected chi connectivity index (χ4v) is 5.45. The average Bonchev–Trinajstić information content (AvgIpc) is 2.71. The van der Waals surface area contributed by atoms with Crippen LogP contribution in [0, 0.1) is 0 Å². The number of benzene rings is 3. The van der Waals surface area contributed by atoms with Gasteiger partial charge in [0.25, 0.3) is 0 Å². The summed E-state index contributed by atoms with van der Waals surface area (Å²) in [7, 11) is 3.61. The molecule has 0 bridgehead atoms. The van der Waals surface area contributed by atoms with Crippen LogP contribution in [0.1, 0.15) is 16.7 Å². The lowest BCUT2D eigenvalue weighted by molar-refractivity contribution is 0.414. The molecule has 3 rings (SSSR count). The lowest BCUT2D eigenvalue weighted by atomic mass is 10.2. The molecular weight excluding hydrogens is 420 g/mol. The van der Waals surface area contributed by atoms with Gasteiger partial charge < -0.3 is 9.47 Å². The first-order chi connectivity index (χ1) is 13.2. The first-order valence-corrected chi connectivity index (χ1v) is 11.3. The zero-order chi connectivity index (χ0) is 19.1. The molecule has 140 valence electrons. The van der Waals surface area contributed by atoms with E-state index in [2.05, 4.69) is 64.5 Å². The van der Waals surface area contributed by atoms with Gasteiger partial charge in [-0.1, -0.05) is 52.3 Å². The summed E-state index contributed by atoms with van der Waals surface area (Å²) < 4.78 is 11.7. The summed E-state index contributed by atoms with van der Waals surface area (Å²) in [6, 6.07) is 25.6. The average molecular weight is 444 g/mol. The van der Waals surface area contributed by atoms with Gasteiger partial charge in [0.15, 0.2) is 0 Å². The molecule has 0 aliphatic carbocycles. The Hall–Kier alpha value is -1.91. The van der Waals surface area contributed by atoms with Crippen molar-refractivity contribution in [2.45, 2.75) is 17.3 Å². The van der Waals surface area contributed by atoms with Crippen LogP contribution in [-0.4, -0.2) is 14.2 Å². The molecule has 0 saturated heterocycles. The summed E-state index contributed by atoms with van der Waals surface area (Å²) in [5.41, 5.74) is 4.08. The molecule has 0 aliphatic rings. The second-order valence-corrected chi connectivity index (χ2v) is 9.37. The molecule has 0 amide bonds. The van der Waals surface area contributed by atoms with Crippen molar-refractivity contribution in [1.82, 2.24) is 0 Å². The van der Waals surface area contributed by atoms with Crippen LogP contribution in [0.4, 0.5) is 0 Å². The number of halogens is 1. The molecule has 0 N–H and O–H groups in total. The van der Waals surface area contributed by atoms with E-state index in [0.29, 0.717) is 0 Å². The maximum Gasteiger partial charge on any atom is 0.133 e. The quantitative estimate of drug-likeness (QED) is 0.398. The minimum atomic E-state index is 0.202. The molecule has 0 heterocycles. The number of rotatable bonds is 8. The van der Waals surface area contributed by atoms with Crippen molar-refractivity contribution in [3.63, 3.8) is 0 Å². The van der Waals surface area contributed by atoms with Crippen LogP contribution in [-0.2, 0) is 28.2 Å². The Morgan fingerprint density at radius 3 is 1.26 bits per heavy atom. The van der Waals surface area contributed by atoms with Crippen molar-refractivity contribution in [2.24, 2.45) is 0 Å². The molecule has 4 heteroatoms. The molecule has 0 fully saturated rings. The van der Waals surface area contributed by atoms with Crippen LogP contribution in [0.15, 0.2) is 77.3 Å². The number of methoxy groups -OCH3 is 2. The van der Waals surface area contributed by atoms with Crippen molar-refractivity contribution in [1.29, 1.82) is 0 Å². The Bertz CT molecular complexity index is 780. The van der Waals surface area contributed by atoms with Gasteiger partial charge in [0.05, 0.1) is 14.2 Å². The van der Waals surface area contributed by atoms with Gasteiger partial charge in [-0.05, 0) is 36.4 Å².